The Labute approximate surface area is 236 Å². The van der Waals surface area contributed by atoms with Crippen molar-refractivity contribution in [3.8, 4) is 5.75 Å². The van der Waals surface area contributed by atoms with Crippen LogP contribution in [0.1, 0.15) is 74.1 Å². The molecular formula is C31H42N6O3. The summed E-state index contributed by atoms with van der Waals surface area (Å²) in [6.07, 6.45) is 6.17. The number of anilines is 1. The van der Waals surface area contributed by atoms with E-state index in [1.165, 1.54) is 11.3 Å². The van der Waals surface area contributed by atoms with E-state index in [0.717, 1.165) is 75.3 Å². The van der Waals surface area contributed by atoms with Crippen LogP contribution >= 0.6 is 0 Å². The number of nitrogens with zero attached hydrogens (tertiary/aromatic N) is 6. The van der Waals surface area contributed by atoms with Crippen molar-refractivity contribution in [2.45, 2.75) is 84.3 Å². The maximum atomic E-state index is 13.2. The Kier molecular flexibility index (Phi) is 7.66. The number of benzene rings is 1. The van der Waals surface area contributed by atoms with E-state index in [2.05, 4.69) is 56.1 Å². The Hall–Kier alpha value is -3.20. The van der Waals surface area contributed by atoms with Crippen molar-refractivity contribution in [3.05, 3.63) is 47.0 Å². The predicted octanol–water partition coefficient (Wildman–Crippen LogP) is 4.62. The summed E-state index contributed by atoms with van der Waals surface area (Å²) in [7, 11) is 0. The first-order valence-electron chi connectivity index (χ1n) is 15.0. The molecule has 214 valence electrons. The molecule has 9 nitrogen and oxygen atoms in total. The molecule has 1 amide bonds. The molecule has 0 radical (unpaired) electrons. The van der Waals surface area contributed by atoms with Crippen molar-refractivity contribution in [2.75, 3.05) is 37.7 Å². The SMILES string of the molecule is CC[C@H]1COCCN1C(=O)C1CCC(c2ccc(N3CC[C@@H](Oc4c(C)nc5nc(C)nn5c4C)C3)cc2)CC1. The van der Waals surface area contributed by atoms with E-state index in [4.69, 9.17) is 9.47 Å². The summed E-state index contributed by atoms with van der Waals surface area (Å²) in [4.78, 5) is 26.7. The second-order valence-electron chi connectivity index (χ2n) is 11.8. The molecular weight excluding hydrogens is 504 g/mol. The molecule has 0 unspecified atom stereocenters. The lowest BCUT2D eigenvalue weighted by Gasteiger charge is -2.39. The van der Waals surface area contributed by atoms with E-state index in [-0.39, 0.29) is 18.1 Å². The molecule has 2 saturated heterocycles. The minimum atomic E-state index is 0.104. The minimum absolute atomic E-state index is 0.104. The molecule has 3 fully saturated rings. The number of amides is 1. The van der Waals surface area contributed by atoms with Gasteiger partial charge in [0.25, 0.3) is 5.78 Å². The van der Waals surface area contributed by atoms with Gasteiger partial charge in [0.1, 0.15) is 11.9 Å². The first-order chi connectivity index (χ1) is 19.4. The quantitative estimate of drug-likeness (QED) is 0.446. The van der Waals surface area contributed by atoms with E-state index in [0.29, 0.717) is 36.6 Å². The Bertz CT molecular complexity index is 1350. The number of ether oxygens (including phenoxy) is 2. The van der Waals surface area contributed by atoms with E-state index >= 15 is 0 Å². The molecule has 1 aliphatic carbocycles. The maximum absolute atomic E-state index is 13.2. The van der Waals surface area contributed by atoms with Crippen LogP contribution in [0, 0.1) is 26.7 Å². The van der Waals surface area contributed by atoms with Gasteiger partial charge in [-0.25, -0.2) is 4.98 Å². The molecule has 4 heterocycles. The van der Waals surface area contributed by atoms with Crippen LogP contribution in [0.3, 0.4) is 0 Å². The summed E-state index contributed by atoms with van der Waals surface area (Å²) in [5.41, 5.74) is 4.43. The molecule has 2 aromatic heterocycles. The van der Waals surface area contributed by atoms with Crippen LogP contribution in [-0.2, 0) is 9.53 Å². The number of rotatable bonds is 6. The lowest BCUT2D eigenvalue weighted by Crippen LogP contribution is -2.50. The van der Waals surface area contributed by atoms with Crippen molar-refractivity contribution in [1.82, 2.24) is 24.5 Å². The molecule has 3 aliphatic rings. The third-order valence-corrected chi connectivity index (χ3v) is 9.16. The molecule has 2 atom stereocenters. The topological polar surface area (TPSA) is 85.1 Å². The number of fused-ring (bicyclic) bond motifs is 1. The molecule has 6 rings (SSSR count). The van der Waals surface area contributed by atoms with Crippen LogP contribution in [0.2, 0.25) is 0 Å². The Morgan fingerprint density at radius 2 is 1.80 bits per heavy atom. The fourth-order valence-corrected chi connectivity index (χ4v) is 6.80. The van der Waals surface area contributed by atoms with Crippen molar-refractivity contribution >= 4 is 17.4 Å². The van der Waals surface area contributed by atoms with E-state index in [1.807, 2.05) is 20.8 Å². The molecule has 0 N–H and O–H groups in total. The zero-order valence-electron chi connectivity index (χ0n) is 24.3. The lowest BCUT2D eigenvalue weighted by molar-refractivity contribution is -0.145. The zero-order chi connectivity index (χ0) is 27.8. The van der Waals surface area contributed by atoms with Gasteiger partial charge in [-0.15, -0.1) is 5.10 Å². The van der Waals surface area contributed by atoms with Crippen molar-refractivity contribution in [2.24, 2.45) is 5.92 Å². The third-order valence-electron chi connectivity index (χ3n) is 9.16. The second kappa shape index (κ2) is 11.4. The van der Waals surface area contributed by atoms with Crippen LogP contribution in [0.15, 0.2) is 24.3 Å². The summed E-state index contributed by atoms with van der Waals surface area (Å²) in [6.45, 7) is 11.9. The standard InChI is InChI=1S/C31H42N6O3/c1-5-26-19-39-17-16-36(26)30(38)25-8-6-23(7-9-25)24-10-12-27(13-11-24)35-15-14-28(18-35)40-29-20(2)32-31-33-22(4)34-37(31)21(29)3/h10-13,23,25-26,28H,5-9,14-19H2,1-4H3/t23?,25?,26-,28+/m0/s1. The highest BCUT2D eigenvalue weighted by atomic mass is 16.5. The Morgan fingerprint density at radius 3 is 2.55 bits per heavy atom. The first-order valence-corrected chi connectivity index (χ1v) is 15.0. The fourth-order valence-electron chi connectivity index (χ4n) is 6.80. The Morgan fingerprint density at radius 1 is 1.02 bits per heavy atom. The molecule has 2 aliphatic heterocycles. The average Bonchev–Trinajstić information content (AvgIpc) is 3.61. The highest BCUT2D eigenvalue weighted by Crippen LogP contribution is 2.38. The predicted molar refractivity (Wildman–Crippen MR) is 154 cm³/mol. The number of hydrogen-bond acceptors (Lipinski definition) is 7. The summed E-state index contributed by atoms with van der Waals surface area (Å²) >= 11 is 0. The van der Waals surface area contributed by atoms with Gasteiger partial charge in [-0.3, -0.25) is 4.79 Å². The number of morpholine rings is 1. The van der Waals surface area contributed by atoms with Gasteiger partial charge < -0.3 is 19.3 Å². The van der Waals surface area contributed by atoms with Crippen molar-refractivity contribution < 1.29 is 14.3 Å². The zero-order valence-corrected chi connectivity index (χ0v) is 24.3. The van der Waals surface area contributed by atoms with Crippen LogP contribution in [-0.4, -0.2) is 75.4 Å². The van der Waals surface area contributed by atoms with Gasteiger partial charge in [-0.1, -0.05) is 19.1 Å². The molecule has 9 heteroatoms. The third kappa shape index (κ3) is 5.28. The van der Waals surface area contributed by atoms with Gasteiger partial charge in [-0.05, 0) is 76.5 Å². The summed E-state index contributed by atoms with van der Waals surface area (Å²) < 4.78 is 13.9. The number of carbonyl (C=O) groups excluding carboxylic acids is 1. The van der Waals surface area contributed by atoms with Crippen LogP contribution in [0.5, 0.6) is 5.75 Å². The van der Waals surface area contributed by atoms with Gasteiger partial charge in [0.2, 0.25) is 5.91 Å². The smallest absolute Gasteiger partial charge is 0.253 e. The fraction of sp³-hybridized carbons (Fsp3) is 0.613. The largest absolute Gasteiger partial charge is 0.485 e. The van der Waals surface area contributed by atoms with Crippen LogP contribution < -0.4 is 9.64 Å². The normalized spacial score (nSPS) is 25.5. The molecule has 0 bridgehead atoms. The molecule has 3 aromatic rings. The molecule has 0 spiro atoms. The molecule has 40 heavy (non-hydrogen) atoms. The number of aromatic nitrogens is 4. The van der Waals surface area contributed by atoms with Gasteiger partial charge in [0.05, 0.1) is 37.2 Å². The number of hydrogen-bond donors (Lipinski definition) is 0. The number of aryl methyl sites for hydroxylation is 3. The van der Waals surface area contributed by atoms with Crippen molar-refractivity contribution in [1.29, 1.82) is 0 Å². The van der Waals surface area contributed by atoms with Gasteiger partial charge in [0, 0.05) is 31.1 Å². The van der Waals surface area contributed by atoms with Crippen molar-refractivity contribution in [3.63, 3.8) is 0 Å². The second-order valence-corrected chi connectivity index (χ2v) is 11.8. The molecule has 1 saturated carbocycles. The van der Waals surface area contributed by atoms with E-state index < -0.39 is 0 Å². The Balaban J connectivity index is 1.04. The average molecular weight is 547 g/mol. The van der Waals surface area contributed by atoms with E-state index in [9.17, 15) is 4.79 Å². The number of carbonyl (C=O) groups is 1. The molecule has 1 aromatic carbocycles. The maximum Gasteiger partial charge on any atom is 0.253 e. The first kappa shape index (κ1) is 27.0. The highest BCUT2D eigenvalue weighted by molar-refractivity contribution is 5.79. The summed E-state index contributed by atoms with van der Waals surface area (Å²) in [5, 5.41) is 4.47. The van der Waals surface area contributed by atoms with Gasteiger partial charge in [-0.2, -0.15) is 9.50 Å². The summed E-state index contributed by atoms with van der Waals surface area (Å²) in [5.74, 6) is 3.20. The van der Waals surface area contributed by atoms with Gasteiger partial charge in [0.15, 0.2) is 5.75 Å². The van der Waals surface area contributed by atoms with Crippen LogP contribution in [0.25, 0.3) is 5.78 Å². The van der Waals surface area contributed by atoms with E-state index in [1.54, 1.807) is 4.52 Å². The summed E-state index contributed by atoms with van der Waals surface area (Å²) in [6, 6.07) is 9.36. The van der Waals surface area contributed by atoms with Crippen LogP contribution in [0.4, 0.5) is 5.69 Å². The monoisotopic (exact) mass is 546 g/mol. The lowest BCUT2D eigenvalue weighted by atomic mass is 9.78. The van der Waals surface area contributed by atoms with Gasteiger partial charge >= 0.3 is 0 Å². The minimum Gasteiger partial charge on any atom is -0.485 e. The highest BCUT2D eigenvalue weighted by Gasteiger charge is 2.34.